The first kappa shape index (κ1) is 20.7. The molecule has 0 aromatic heterocycles. The summed E-state index contributed by atoms with van der Waals surface area (Å²) >= 11 is 0. The Bertz CT molecular complexity index is 395. The van der Waals surface area contributed by atoms with Gasteiger partial charge in [0.1, 0.15) is 0 Å². The Morgan fingerprint density at radius 1 is 1.38 bits per heavy atom. The first-order valence-electron chi connectivity index (χ1n) is 9.05. The van der Waals surface area contributed by atoms with Crippen LogP contribution in [0, 0.1) is 5.41 Å². The van der Waals surface area contributed by atoms with Crippen LogP contribution >= 0.6 is 0 Å². The lowest BCUT2D eigenvalue weighted by atomic mass is 9.84. The minimum atomic E-state index is -0.0645. The molecule has 140 valence electrons. The van der Waals surface area contributed by atoms with Gasteiger partial charge in [0.25, 0.3) is 0 Å². The topological polar surface area (TPSA) is 95.0 Å². The predicted molar refractivity (Wildman–Crippen MR) is 96.1 cm³/mol. The first-order chi connectivity index (χ1) is 11.5. The number of aliphatic hydroxyl groups is 1. The number of ether oxygens (including phenoxy) is 1. The number of rotatable bonds is 10. The van der Waals surface area contributed by atoms with E-state index in [1.54, 1.807) is 0 Å². The minimum Gasteiger partial charge on any atom is -0.396 e. The Morgan fingerprint density at radius 3 is 2.75 bits per heavy atom. The van der Waals surface area contributed by atoms with E-state index >= 15 is 0 Å². The van der Waals surface area contributed by atoms with E-state index in [0.717, 1.165) is 26.0 Å². The maximum atomic E-state index is 11.8. The fourth-order valence-corrected chi connectivity index (χ4v) is 2.62. The fraction of sp³-hybridized carbons (Fsp3) is 0.882. The van der Waals surface area contributed by atoms with E-state index in [1.165, 1.54) is 0 Å². The van der Waals surface area contributed by atoms with Gasteiger partial charge in [-0.1, -0.05) is 6.92 Å². The molecule has 1 amide bonds. The highest BCUT2D eigenvalue weighted by Gasteiger charge is 2.34. The van der Waals surface area contributed by atoms with Gasteiger partial charge in [-0.2, -0.15) is 0 Å². The van der Waals surface area contributed by atoms with E-state index in [0.29, 0.717) is 38.5 Å². The summed E-state index contributed by atoms with van der Waals surface area (Å²) in [5.41, 5.74) is -0.0645. The predicted octanol–water partition coefficient (Wildman–Crippen LogP) is 0.635. The van der Waals surface area contributed by atoms with Crippen LogP contribution in [0.25, 0.3) is 0 Å². The van der Waals surface area contributed by atoms with Crippen LogP contribution in [0.1, 0.15) is 46.5 Å². The van der Waals surface area contributed by atoms with E-state index < -0.39 is 0 Å². The number of nitrogens with zero attached hydrogens (tertiary/aromatic N) is 1. The standard InChI is InChI=1S/C17H34N4O3/c1-4-14(3)21-15(23)6-9-19-16(18-5-2)20-12-17(7-10-22)8-11-24-13-17/h14,22H,4-13H2,1-3H3,(H,21,23)(H2,18,19,20). The molecule has 1 saturated heterocycles. The highest BCUT2D eigenvalue weighted by molar-refractivity contribution is 5.81. The van der Waals surface area contributed by atoms with Crippen LogP contribution in [0.2, 0.25) is 0 Å². The van der Waals surface area contributed by atoms with Crippen molar-refractivity contribution in [3.63, 3.8) is 0 Å². The van der Waals surface area contributed by atoms with Crippen LogP contribution in [0.3, 0.4) is 0 Å². The zero-order valence-corrected chi connectivity index (χ0v) is 15.4. The molecule has 4 N–H and O–H groups in total. The summed E-state index contributed by atoms with van der Waals surface area (Å²) in [6.07, 6.45) is 2.97. The van der Waals surface area contributed by atoms with Gasteiger partial charge in [0.05, 0.1) is 13.2 Å². The van der Waals surface area contributed by atoms with Crippen molar-refractivity contribution in [2.24, 2.45) is 10.4 Å². The molecule has 2 atom stereocenters. The molecule has 2 unspecified atom stereocenters. The second-order valence-corrected chi connectivity index (χ2v) is 6.52. The second-order valence-electron chi connectivity index (χ2n) is 6.52. The van der Waals surface area contributed by atoms with Gasteiger partial charge >= 0.3 is 0 Å². The molecule has 1 fully saturated rings. The van der Waals surface area contributed by atoms with Crippen LogP contribution < -0.4 is 16.0 Å². The quantitative estimate of drug-likeness (QED) is 0.345. The van der Waals surface area contributed by atoms with Crippen molar-refractivity contribution < 1.29 is 14.6 Å². The molecule has 0 radical (unpaired) electrons. The van der Waals surface area contributed by atoms with Crippen LogP contribution in [0.4, 0.5) is 0 Å². The highest BCUT2D eigenvalue weighted by Crippen LogP contribution is 2.32. The van der Waals surface area contributed by atoms with Crippen molar-refractivity contribution in [3.8, 4) is 0 Å². The number of carbonyl (C=O) groups is 1. The molecule has 1 aliphatic rings. The van der Waals surface area contributed by atoms with Gasteiger partial charge in [-0.15, -0.1) is 0 Å². The third-order valence-electron chi connectivity index (χ3n) is 4.41. The second kappa shape index (κ2) is 11.3. The Hall–Kier alpha value is -1.34. The first-order valence-corrected chi connectivity index (χ1v) is 9.05. The third-order valence-corrected chi connectivity index (χ3v) is 4.41. The molecule has 0 aromatic carbocycles. The molecule has 0 spiro atoms. The van der Waals surface area contributed by atoms with Crippen LogP contribution in [-0.2, 0) is 9.53 Å². The number of hydrogen-bond acceptors (Lipinski definition) is 4. The van der Waals surface area contributed by atoms with Crippen molar-refractivity contribution in [3.05, 3.63) is 0 Å². The SMILES string of the molecule is CCNC(=NCC1(CCO)CCOC1)NCCC(=O)NC(C)CC. The third kappa shape index (κ3) is 7.49. The molecule has 0 aromatic rings. The molecule has 0 bridgehead atoms. The maximum absolute atomic E-state index is 11.8. The van der Waals surface area contributed by atoms with Crippen molar-refractivity contribution in [1.82, 2.24) is 16.0 Å². The molecular formula is C17H34N4O3. The molecule has 7 heteroatoms. The molecule has 1 rings (SSSR count). The molecule has 7 nitrogen and oxygen atoms in total. The number of aliphatic imine (C=N–C) groups is 1. The largest absolute Gasteiger partial charge is 0.396 e. The van der Waals surface area contributed by atoms with Crippen molar-refractivity contribution in [2.45, 2.75) is 52.5 Å². The lowest BCUT2D eigenvalue weighted by Crippen LogP contribution is -2.41. The number of aliphatic hydroxyl groups excluding tert-OH is 1. The summed E-state index contributed by atoms with van der Waals surface area (Å²) in [5.74, 6) is 0.756. The van der Waals surface area contributed by atoms with Gasteiger partial charge in [0.15, 0.2) is 5.96 Å². The molecular weight excluding hydrogens is 308 g/mol. The van der Waals surface area contributed by atoms with Crippen molar-refractivity contribution >= 4 is 11.9 Å². The number of amides is 1. The summed E-state index contributed by atoms with van der Waals surface area (Å²) in [6.45, 7) is 9.50. The molecule has 1 heterocycles. The van der Waals surface area contributed by atoms with Gasteiger partial charge in [-0.3, -0.25) is 9.79 Å². The lowest BCUT2D eigenvalue weighted by molar-refractivity contribution is -0.121. The van der Waals surface area contributed by atoms with Gasteiger partial charge in [-0.25, -0.2) is 0 Å². The number of nitrogens with one attached hydrogen (secondary N) is 3. The van der Waals surface area contributed by atoms with E-state index in [2.05, 4.69) is 20.9 Å². The van der Waals surface area contributed by atoms with E-state index in [1.807, 2.05) is 20.8 Å². The average molecular weight is 342 g/mol. The zero-order chi connectivity index (χ0) is 17.8. The Balaban J connectivity index is 2.46. The van der Waals surface area contributed by atoms with Crippen LogP contribution in [0.5, 0.6) is 0 Å². The molecule has 0 aliphatic carbocycles. The number of guanidine groups is 1. The summed E-state index contributed by atoms with van der Waals surface area (Å²) in [7, 11) is 0. The zero-order valence-electron chi connectivity index (χ0n) is 15.4. The van der Waals surface area contributed by atoms with E-state index in [9.17, 15) is 9.90 Å². The number of carbonyl (C=O) groups excluding carboxylic acids is 1. The molecule has 0 saturated carbocycles. The number of hydrogen-bond donors (Lipinski definition) is 4. The van der Waals surface area contributed by atoms with Crippen molar-refractivity contribution in [1.29, 1.82) is 0 Å². The highest BCUT2D eigenvalue weighted by atomic mass is 16.5. The lowest BCUT2D eigenvalue weighted by Gasteiger charge is -2.24. The maximum Gasteiger partial charge on any atom is 0.221 e. The Labute approximate surface area is 145 Å². The monoisotopic (exact) mass is 342 g/mol. The van der Waals surface area contributed by atoms with Gasteiger partial charge < -0.3 is 25.8 Å². The van der Waals surface area contributed by atoms with Crippen LogP contribution in [0.15, 0.2) is 4.99 Å². The average Bonchev–Trinajstić information content (AvgIpc) is 3.01. The normalized spacial score (nSPS) is 22.2. The molecule has 1 aliphatic heterocycles. The molecule has 24 heavy (non-hydrogen) atoms. The van der Waals surface area contributed by atoms with Gasteiger partial charge in [0.2, 0.25) is 5.91 Å². The van der Waals surface area contributed by atoms with E-state index in [-0.39, 0.29) is 24.0 Å². The Morgan fingerprint density at radius 2 is 2.17 bits per heavy atom. The summed E-state index contributed by atoms with van der Waals surface area (Å²) in [4.78, 5) is 16.4. The Kier molecular flexibility index (Phi) is 9.71. The van der Waals surface area contributed by atoms with Crippen molar-refractivity contribution in [2.75, 3.05) is 39.5 Å². The fourth-order valence-electron chi connectivity index (χ4n) is 2.62. The van der Waals surface area contributed by atoms with Gasteiger partial charge in [-0.05, 0) is 33.1 Å². The summed E-state index contributed by atoms with van der Waals surface area (Å²) in [5, 5.41) is 18.6. The smallest absolute Gasteiger partial charge is 0.221 e. The van der Waals surface area contributed by atoms with E-state index in [4.69, 9.17) is 4.74 Å². The minimum absolute atomic E-state index is 0.0497. The summed E-state index contributed by atoms with van der Waals surface area (Å²) in [6, 6.07) is 0.208. The summed E-state index contributed by atoms with van der Waals surface area (Å²) < 4.78 is 5.49. The van der Waals surface area contributed by atoms with Gasteiger partial charge in [0, 0.05) is 44.2 Å². The van der Waals surface area contributed by atoms with Crippen LogP contribution in [-0.4, -0.2) is 62.5 Å².